The molecule has 2 aromatic rings. The van der Waals surface area contributed by atoms with Gasteiger partial charge in [0.15, 0.2) is 11.0 Å². The molecular formula is C20H25F3N4O2S. The molecule has 1 aromatic carbocycles. The number of thioether (sulfide) groups is 1. The van der Waals surface area contributed by atoms with Crippen LogP contribution < -0.4 is 10.1 Å². The van der Waals surface area contributed by atoms with E-state index in [1.807, 2.05) is 34.1 Å². The number of hydrogen-bond acceptors (Lipinski definition) is 5. The first kappa shape index (κ1) is 22.5. The third-order valence-electron chi connectivity index (χ3n) is 5.23. The van der Waals surface area contributed by atoms with Gasteiger partial charge in [0.05, 0.1) is 12.9 Å². The Morgan fingerprint density at radius 1 is 1.23 bits per heavy atom. The number of alkyl halides is 3. The predicted molar refractivity (Wildman–Crippen MR) is 108 cm³/mol. The number of carbonyl (C=O) groups is 1. The average molecular weight is 443 g/mol. The lowest BCUT2D eigenvalue weighted by Gasteiger charge is -2.31. The van der Waals surface area contributed by atoms with Gasteiger partial charge in [-0.3, -0.25) is 9.36 Å². The molecule has 0 spiro atoms. The van der Waals surface area contributed by atoms with Crippen molar-refractivity contribution in [3.63, 3.8) is 0 Å². The summed E-state index contributed by atoms with van der Waals surface area (Å²) in [7, 11) is 1.60. The van der Waals surface area contributed by atoms with Crippen LogP contribution in [-0.2, 0) is 4.79 Å². The highest BCUT2D eigenvalue weighted by Crippen LogP contribution is 2.39. The second-order valence-electron chi connectivity index (χ2n) is 7.41. The summed E-state index contributed by atoms with van der Waals surface area (Å²) in [5.74, 6) is 0.985. The van der Waals surface area contributed by atoms with Crippen LogP contribution in [0.4, 0.5) is 13.2 Å². The van der Waals surface area contributed by atoms with Crippen LogP contribution >= 0.6 is 11.8 Å². The highest BCUT2D eigenvalue weighted by Gasteiger charge is 2.30. The quantitative estimate of drug-likeness (QED) is 0.641. The van der Waals surface area contributed by atoms with E-state index in [4.69, 9.17) is 4.74 Å². The van der Waals surface area contributed by atoms with Crippen LogP contribution in [0.3, 0.4) is 0 Å². The van der Waals surface area contributed by atoms with E-state index in [2.05, 4.69) is 17.1 Å². The first-order chi connectivity index (χ1) is 14.3. The van der Waals surface area contributed by atoms with Crippen molar-refractivity contribution in [3.05, 3.63) is 24.3 Å². The minimum atomic E-state index is -4.43. The van der Waals surface area contributed by atoms with E-state index in [1.54, 1.807) is 7.11 Å². The van der Waals surface area contributed by atoms with Crippen molar-refractivity contribution in [1.29, 1.82) is 0 Å². The maximum atomic E-state index is 12.3. The van der Waals surface area contributed by atoms with Crippen LogP contribution in [0.5, 0.6) is 5.75 Å². The third-order valence-corrected chi connectivity index (χ3v) is 6.17. The molecule has 1 N–H and O–H groups in total. The molecule has 1 aliphatic rings. The molecule has 164 valence electrons. The summed E-state index contributed by atoms with van der Waals surface area (Å²) in [5.41, 5.74) is 0.870. The number of carbonyl (C=O) groups excluding carboxylic acids is 1. The van der Waals surface area contributed by atoms with Gasteiger partial charge in [0.1, 0.15) is 12.3 Å². The Balaban J connectivity index is 1.83. The number of hydrogen-bond donors (Lipinski definition) is 1. The fourth-order valence-electron chi connectivity index (χ4n) is 3.67. The Hall–Kier alpha value is -2.23. The molecule has 1 heterocycles. The van der Waals surface area contributed by atoms with Gasteiger partial charge in [0.2, 0.25) is 5.91 Å². The van der Waals surface area contributed by atoms with Crippen molar-refractivity contribution in [2.75, 3.05) is 19.4 Å². The number of rotatable bonds is 7. The van der Waals surface area contributed by atoms with Crippen molar-refractivity contribution >= 4 is 17.7 Å². The first-order valence-electron chi connectivity index (χ1n) is 9.84. The number of benzene rings is 1. The molecule has 1 amide bonds. The number of amides is 1. The number of halogens is 3. The van der Waals surface area contributed by atoms with Crippen molar-refractivity contribution in [2.45, 2.75) is 50.0 Å². The molecule has 0 unspecified atom stereocenters. The molecule has 0 radical (unpaired) electrons. The highest BCUT2D eigenvalue weighted by atomic mass is 32.2. The second-order valence-corrected chi connectivity index (χ2v) is 8.36. The SMILES string of the molecule is COc1ccc(-c2nnc(SCC(=O)NCC(F)(F)F)n2[C@@H]2CCCC[C@@H]2C)cc1. The zero-order chi connectivity index (χ0) is 21.7. The Labute approximate surface area is 177 Å². The van der Waals surface area contributed by atoms with Crippen molar-refractivity contribution in [3.8, 4) is 17.1 Å². The highest BCUT2D eigenvalue weighted by molar-refractivity contribution is 7.99. The molecule has 30 heavy (non-hydrogen) atoms. The monoisotopic (exact) mass is 442 g/mol. The summed E-state index contributed by atoms with van der Waals surface area (Å²) in [6.45, 7) is 0.849. The zero-order valence-electron chi connectivity index (χ0n) is 16.9. The van der Waals surface area contributed by atoms with E-state index >= 15 is 0 Å². The van der Waals surface area contributed by atoms with Gasteiger partial charge >= 0.3 is 6.18 Å². The van der Waals surface area contributed by atoms with Gasteiger partial charge < -0.3 is 10.1 Å². The summed E-state index contributed by atoms with van der Waals surface area (Å²) >= 11 is 1.11. The zero-order valence-corrected chi connectivity index (χ0v) is 17.7. The second kappa shape index (κ2) is 9.72. The van der Waals surface area contributed by atoms with Crippen molar-refractivity contribution in [2.24, 2.45) is 5.92 Å². The molecule has 1 fully saturated rings. The van der Waals surface area contributed by atoms with Gasteiger partial charge in [-0.2, -0.15) is 13.2 Å². The van der Waals surface area contributed by atoms with Crippen molar-refractivity contribution < 1.29 is 22.7 Å². The van der Waals surface area contributed by atoms with Crippen LogP contribution in [0.1, 0.15) is 38.6 Å². The lowest BCUT2D eigenvalue weighted by Crippen LogP contribution is -2.34. The molecule has 0 bridgehead atoms. The van der Waals surface area contributed by atoms with E-state index < -0.39 is 18.6 Å². The Morgan fingerprint density at radius 3 is 2.57 bits per heavy atom. The molecule has 1 saturated carbocycles. The fraction of sp³-hybridized carbons (Fsp3) is 0.550. The van der Waals surface area contributed by atoms with Gasteiger partial charge in [0, 0.05) is 11.6 Å². The summed E-state index contributed by atoms with van der Waals surface area (Å²) in [5, 5.41) is 11.1. The maximum Gasteiger partial charge on any atom is 0.405 e. The van der Waals surface area contributed by atoms with E-state index in [1.165, 1.54) is 6.42 Å². The minimum absolute atomic E-state index is 0.155. The van der Waals surface area contributed by atoms with Gasteiger partial charge in [-0.15, -0.1) is 10.2 Å². The first-order valence-corrected chi connectivity index (χ1v) is 10.8. The number of nitrogens with zero attached hydrogens (tertiary/aromatic N) is 3. The smallest absolute Gasteiger partial charge is 0.405 e. The number of methoxy groups -OCH3 is 1. The summed E-state index contributed by atoms with van der Waals surface area (Å²) in [4.78, 5) is 11.9. The average Bonchev–Trinajstić information content (AvgIpc) is 3.14. The maximum absolute atomic E-state index is 12.3. The van der Waals surface area contributed by atoms with Crippen molar-refractivity contribution in [1.82, 2.24) is 20.1 Å². The van der Waals surface area contributed by atoms with Crippen LogP contribution in [0.15, 0.2) is 29.4 Å². The molecular weight excluding hydrogens is 417 g/mol. The number of ether oxygens (including phenoxy) is 1. The Bertz CT molecular complexity index is 855. The van der Waals surface area contributed by atoms with E-state index in [0.29, 0.717) is 16.9 Å². The van der Waals surface area contributed by atoms with E-state index in [-0.39, 0.29) is 11.8 Å². The topological polar surface area (TPSA) is 69.0 Å². The third kappa shape index (κ3) is 5.68. The van der Waals surface area contributed by atoms with Gasteiger partial charge in [-0.1, -0.05) is 31.5 Å². The van der Waals surface area contributed by atoms with E-state index in [0.717, 1.165) is 42.3 Å². The van der Waals surface area contributed by atoms with Crippen LogP contribution in [0, 0.1) is 5.92 Å². The number of aromatic nitrogens is 3. The van der Waals surface area contributed by atoms with E-state index in [9.17, 15) is 18.0 Å². The normalized spacial score (nSPS) is 19.5. The predicted octanol–water partition coefficient (Wildman–Crippen LogP) is 4.48. The van der Waals surface area contributed by atoms with Crippen LogP contribution in [0.2, 0.25) is 0 Å². The Morgan fingerprint density at radius 2 is 1.93 bits per heavy atom. The van der Waals surface area contributed by atoms with Crippen LogP contribution in [-0.4, -0.2) is 46.3 Å². The lowest BCUT2D eigenvalue weighted by molar-refractivity contribution is -0.136. The summed E-state index contributed by atoms with van der Waals surface area (Å²) in [6, 6.07) is 7.66. The van der Waals surface area contributed by atoms with Gasteiger partial charge in [-0.05, 0) is 43.0 Å². The Kier molecular flexibility index (Phi) is 7.27. The summed E-state index contributed by atoms with van der Waals surface area (Å²) in [6.07, 6.45) is -0.123. The van der Waals surface area contributed by atoms with Gasteiger partial charge in [-0.25, -0.2) is 0 Å². The molecule has 10 heteroatoms. The summed E-state index contributed by atoms with van der Waals surface area (Å²) < 4.78 is 44.2. The largest absolute Gasteiger partial charge is 0.497 e. The number of nitrogens with one attached hydrogen (secondary N) is 1. The van der Waals surface area contributed by atoms with Gasteiger partial charge in [0.25, 0.3) is 0 Å². The molecule has 3 rings (SSSR count). The standard InChI is InChI=1S/C20H25F3N4O2S/c1-13-5-3-4-6-16(13)27-18(14-7-9-15(29-2)10-8-14)25-26-19(27)30-11-17(28)24-12-20(21,22)23/h7-10,13,16H,3-6,11-12H2,1-2H3,(H,24,28)/t13-,16+/m0/s1. The minimum Gasteiger partial charge on any atom is -0.497 e. The molecule has 1 aliphatic carbocycles. The molecule has 6 nitrogen and oxygen atoms in total. The molecule has 0 aliphatic heterocycles. The lowest BCUT2D eigenvalue weighted by atomic mass is 9.85. The molecule has 2 atom stereocenters. The molecule has 0 saturated heterocycles. The van der Waals surface area contributed by atoms with Crippen LogP contribution in [0.25, 0.3) is 11.4 Å². The fourth-order valence-corrected chi connectivity index (χ4v) is 4.49. The molecule has 1 aromatic heterocycles.